The Hall–Kier alpha value is -5.61. The summed E-state index contributed by atoms with van der Waals surface area (Å²) in [7, 11) is 0. The Morgan fingerprint density at radius 1 is 0.643 bits per heavy atom. The van der Waals surface area contributed by atoms with Crippen molar-refractivity contribution in [3.8, 4) is 11.1 Å². The topological polar surface area (TPSA) is 41.3 Å². The molecule has 4 heteroatoms. The molecule has 0 spiro atoms. The molecule has 0 fully saturated rings. The first-order valence-electron chi connectivity index (χ1n) is 14.3. The van der Waals surface area contributed by atoms with Crippen LogP contribution in [0.4, 0.5) is 17.1 Å². The van der Waals surface area contributed by atoms with Crippen molar-refractivity contribution in [2.45, 2.75) is 6.17 Å². The van der Waals surface area contributed by atoms with Crippen molar-refractivity contribution >= 4 is 60.5 Å². The molecule has 0 saturated carbocycles. The fourth-order valence-corrected chi connectivity index (χ4v) is 6.59. The first kappa shape index (κ1) is 23.1. The van der Waals surface area contributed by atoms with Crippen molar-refractivity contribution in [3.05, 3.63) is 145 Å². The molecule has 0 amide bonds. The number of para-hydroxylation sites is 2. The molecule has 42 heavy (non-hydrogen) atoms. The van der Waals surface area contributed by atoms with Gasteiger partial charge in [-0.15, -0.1) is 0 Å². The Morgan fingerprint density at radius 3 is 2.21 bits per heavy atom. The Bertz CT molecular complexity index is 2290. The SMILES string of the molecule is c1ccc(C2Nc3ccccc3N2c2ccc(-c3cc4ccccc4c4c3oc3ccc5ccccc5c34)cc2)nc1. The van der Waals surface area contributed by atoms with E-state index in [0.717, 1.165) is 45.0 Å². The van der Waals surface area contributed by atoms with Crippen molar-refractivity contribution < 1.29 is 4.42 Å². The van der Waals surface area contributed by atoms with E-state index in [1.54, 1.807) is 0 Å². The molecule has 2 aromatic heterocycles. The molecule has 0 aliphatic carbocycles. The molecule has 1 N–H and O–H groups in total. The summed E-state index contributed by atoms with van der Waals surface area (Å²) >= 11 is 0. The predicted molar refractivity (Wildman–Crippen MR) is 173 cm³/mol. The summed E-state index contributed by atoms with van der Waals surface area (Å²) in [5, 5.41) is 10.9. The number of furan rings is 1. The van der Waals surface area contributed by atoms with Crippen LogP contribution in [0.25, 0.3) is 54.6 Å². The summed E-state index contributed by atoms with van der Waals surface area (Å²) in [6.07, 6.45) is 1.76. The van der Waals surface area contributed by atoms with E-state index < -0.39 is 0 Å². The van der Waals surface area contributed by atoms with Crippen LogP contribution in [0.2, 0.25) is 0 Å². The standard InChI is InChI=1S/C38H25N3O/c1-3-11-28-24(9-1)18-21-34-35(28)36-29-12-4-2-10-26(29)23-30(37(36)42-34)25-16-19-27(20-17-25)41-33-15-6-5-13-31(33)40-38(41)32-14-7-8-22-39-32/h1-23,38,40H. The van der Waals surface area contributed by atoms with Crippen LogP contribution in [0.1, 0.15) is 11.9 Å². The average molecular weight is 540 g/mol. The Balaban J connectivity index is 1.23. The number of hydrogen-bond donors (Lipinski definition) is 1. The van der Waals surface area contributed by atoms with Gasteiger partial charge in [0.25, 0.3) is 0 Å². The van der Waals surface area contributed by atoms with Crippen LogP contribution in [0, 0.1) is 0 Å². The molecular weight excluding hydrogens is 514 g/mol. The van der Waals surface area contributed by atoms with Gasteiger partial charge in [0.15, 0.2) is 0 Å². The molecular formula is C38H25N3O. The van der Waals surface area contributed by atoms with Gasteiger partial charge in [0.1, 0.15) is 17.3 Å². The molecule has 198 valence electrons. The van der Waals surface area contributed by atoms with Gasteiger partial charge in [-0.05, 0) is 75.6 Å². The van der Waals surface area contributed by atoms with E-state index in [-0.39, 0.29) is 6.17 Å². The number of fused-ring (bicyclic) bond motifs is 8. The van der Waals surface area contributed by atoms with Crippen LogP contribution < -0.4 is 10.2 Å². The second kappa shape index (κ2) is 8.95. The maximum absolute atomic E-state index is 6.68. The maximum Gasteiger partial charge on any atom is 0.147 e. The highest BCUT2D eigenvalue weighted by Gasteiger charge is 2.31. The van der Waals surface area contributed by atoms with E-state index in [4.69, 9.17) is 4.42 Å². The number of aromatic nitrogens is 1. The van der Waals surface area contributed by atoms with Gasteiger partial charge >= 0.3 is 0 Å². The molecule has 1 atom stereocenters. The lowest BCUT2D eigenvalue weighted by molar-refractivity contribution is 0.670. The highest BCUT2D eigenvalue weighted by atomic mass is 16.3. The molecule has 0 saturated heterocycles. The third-order valence-corrected chi connectivity index (χ3v) is 8.49. The van der Waals surface area contributed by atoms with Crippen LogP contribution in [-0.2, 0) is 0 Å². The fraction of sp³-hybridized carbons (Fsp3) is 0.0263. The molecule has 4 nitrogen and oxygen atoms in total. The van der Waals surface area contributed by atoms with Gasteiger partial charge in [0, 0.05) is 28.2 Å². The Morgan fingerprint density at radius 2 is 1.38 bits per heavy atom. The lowest BCUT2D eigenvalue weighted by atomic mass is 9.94. The minimum Gasteiger partial charge on any atom is -0.455 e. The van der Waals surface area contributed by atoms with Crippen LogP contribution in [0.5, 0.6) is 0 Å². The fourth-order valence-electron chi connectivity index (χ4n) is 6.59. The number of pyridine rings is 1. The van der Waals surface area contributed by atoms with E-state index in [9.17, 15) is 0 Å². The molecule has 9 rings (SSSR count). The van der Waals surface area contributed by atoms with Crippen molar-refractivity contribution in [3.63, 3.8) is 0 Å². The molecule has 1 aliphatic rings. The van der Waals surface area contributed by atoms with E-state index in [2.05, 4.69) is 137 Å². The van der Waals surface area contributed by atoms with E-state index in [1.165, 1.54) is 32.3 Å². The number of nitrogens with one attached hydrogen (secondary N) is 1. The second-order valence-electron chi connectivity index (χ2n) is 10.8. The summed E-state index contributed by atoms with van der Waals surface area (Å²) in [4.78, 5) is 7.00. The van der Waals surface area contributed by atoms with Gasteiger partial charge in [-0.25, -0.2) is 0 Å². The monoisotopic (exact) mass is 539 g/mol. The van der Waals surface area contributed by atoms with Crippen LogP contribution >= 0.6 is 0 Å². The van der Waals surface area contributed by atoms with Crippen molar-refractivity contribution in [1.82, 2.24) is 4.98 Å². The number of benzene rings is 6. The molecule has 8 aromatic rings. The van der Waals surface area contributed by atoms with E-state index in [0.29, 0.717) is 0 Å². The predicted octanol–water partition coefficient (Wildman–Crippen LogP) is 10.2. The van der Waals surface area contributed by atoms with Gasteiger partial charge in [0.05, 0.1) is 17.1 Å². The smallest absolute Gasteiger partial charge is 0.147 e. The van der Waals surface area contributed by atoms with E-state index >= 15 is 0 Å². The van der Waals surface area contributed by atoms with Crippen LogP contribution in [-0.4, -0.2) is 4.98 Å². The average Bonchev–Trinajstić information content (AvgIpc) is 3.65. The minimum atomic E-state index is -0.0921. The molecule has 0 bridgehead atoms. The zero-order chi connectivity index (χ0) is 27.6. The molecule has 3 heterocycles. The zero-order valence-corrected chi connectivity index (χ0v) is 22.7. The summed E-state index contributed by atoms with van der Waals surface area (Å²) in [6, 6.07) is 47.0. The van der Waals surface area contributed by atoms with Gasteiger partial charge in [-0.3, -0.25) is 4.98 Å². The molecule has 1 unspecified atom stereocenters. The quantitative estimate of drug-likeness (QED) is 0.242. The number of nitrogens with zero attached hydrogens (tertiary/aromatic N) is 2. The van der Waals surface area contributed by atoms with Crippen molar-refractivity contribution in [2.75, 3.05) is 10.2 Å². The molecule has 0 radical (unpaired) electrons. The third-order valence-electron chi connectivity index (χ3n) is 8.49. The Kier molecular flexibility index (Phi) is 4.93. The Labute approximate surface area is 242 Å². The first-order chi connectivity index (χ1) is 20.8. The van der Waals surface area contributed by atoms with Gasteiger partial charge in [0.2, 0.25) is 0 Å². The summed E-state index contributed by atoms with van der Waals surface area (Å²) in [6.45, 7) is 0. The zero-order valence-electron chi connectivity index (χ0n) is 22.7. The van der Waals surface area contributed by atoms with E-state index in [1.807, 2.05) is 18.3 Å². The third kappa shape index (κ3) is 3.39. The van der Waals surface area contributed by atoms with Crippen LogP contribution in [0.3, 0.4) is 0 Å². The number of anilines is 3. The van der Waals surface area contributed by atoms with Gasteiger partial charge < -0.3 is 14.6 Å². The molecule has 6 aromatic carbocycles. The maximum atomic E-state index is 6.68. The normalized spacial score (nSPS) is 14.6. The number of hydrogen-bond acceptors (Lipinski definition) is 4. The van der Waals surface area contributed by atoms with Crippen molar-refractivity contribution in [1.29, 1.82) is 0 Å². The highest BCUT2D eigenvalue weighted by Crippen LogP contribution is 2.47. The summed E-state index contributed by atoms with van der Waals surface area (Å²) in [5.41, 5.74) is 8.36. The lowest BCUT2D eigenvalue weighted by Gasteiger charge is -2.26. The van der Waals surface area contributed by atoms with Gasteiger partial charge in [-0.2, -0.15) is 0 Å². The largest absolute Gasteiger partial charge is 0.455 e. The van der Waals surface area contributed by atoms with Crippen LogP contribution in [0.15, 0.2) is 144 Å². The minimum absolute atomic E-state index is 0.0921. The number of rotatable bonds is 3. The first-order valence-corrected chi connectivity index (χ1v) is 14.3. The van der Waals surface area contributed by atoms with Gasteiger partial charge in [-0.1, -0.05) is 84.9 Å². The summed E-state index contributed by atoms with van der Waals surface area (Å²) in [5.74, 6) is 0. The lowest BCUT2D eigenvalue weighted by Crippen LogP contribution is -2.24. The van der Waals surface area contributed by atoms with Crippen molar-refractivity contribution in [2.24, 2.45) is 0 Å². The highest BCUT2D eigenvalue weighted by molar-refractivity contribution is 6.28. The second-order valence-corrected chi connectivity index (χ2v) is 10.8. The molecule has 1 aliphatic heterocycles. The summed E-state index contributed by atoms with van der Waals surface area (Å²) < 4.78 is 6.68.